The molecule has 0 aliphatic rings. The SMILES string of the molecule is Cc1c(C(N)=O)cccc1-n1cccn1. The largest absolute Gasteiger partial charge is 0.366 e. The number of primary amides is 1. The van der Waals surface area contributed by atoms with Crippen LogP contribution in [-0.4, -0.2) is 15.7 Å². The minimum Gasteiger partial charge on any atom is -0.366 e. The molecule has 76 valence electrons. The third-order valence-corrected chi connectivity index (χ3v) is 2.32. The first-order chi connectivity index (χ1) is 7.20. The highest BCUT2D eigenvalue weighted by molar-refractivity contribution is 5.95. The van der Waals surface area contributed by atoms with Gasteiger partial charge < -0.3 is 5.73 Å². The van der Waals surface area contributed by atoms with E-state index in [9.17, 15) is 4.79 Å². The third kappa shape index (κ3) is 1.61. The number of aromatic nitrogens is 2. The summed E-state index contributed by atoms with van der Waals surface area (Å²) in [5.74, 6) is -0.415. The molecule has 0 aliphatic carbocycles. The quantitative estimate of drug-likeness (QED) is 0.795. The Hall–Kier alpha value is -2.10. The Morgan fingerprint density at radius 2 is 2.20 bits per heavy atom. The zero-order valence-corrected chi connectivity index (χ0v) is 8.34. The summed E-state index contributed by atoms with van der Waals surface area (Å²) in [6.45, 7) is 1.86. The number of hydrogen-bond acceptors (Lipinski definition) is 2. The van der Waals surface area contributed by atoms with E-state index in [-0.39, 0.29) is 0 Å². The van der Waals surface area contributed by atoms with Crippen molar-refractivity contribution in [2.75, 3.05) is 0 Å². The van der Waals surface area contributed by atoms with Crippen LogP contribution < -0.4 is 5.73 Å². The van der Waals surface area contributed by atoms with Gasteiger partial charge in [-0.25, -0.2) is 4.68 Å². The predicted octanol–water partition coefficient (Wildman–Crippen LogP) is 1.28. The molecule has 4 nitrogen and oxygen atoms in total. The molecule has 4 heteroatoms. The maximum Gasteiger partial charge on any atom is 0.249 e. The maximum atomic E-state index is 11.1. The number of carbonyl (C=O) groups excluding carboxylic acids is 1. The summed E-state index contributed by atoms with van der Waals surface area (Å²) >= 11 is 0. The molecular weight excluding hydrogens is 190 g/mol. The van der Waals surface area contributed by atoms with Crippen LogP contribution in [0.1, 0.15) is 15.9 Å². The lowest BCUT2D eigenvalue weighted by atomic mass is 10.1. The smallest absolute Gasteiger partial charge is 0.249 e. The minimum atomic E-state index is -0.415. The van der Waals surface area contributed by atoms with Crippen molar-refractivity contribution >= 4 is 5.91 Å². The average molecular weight is 201 g/mol. The number of amides is 1. The molecule has 2 rings (SSSR count). The highest BCUT2D eigenvalue weighted by Crippen LogP contribution is 2.16. The molecule has 0 aliphatic heterocycles. The summed E-state index contributed by atoms with van der Waals surface area (Å²) in [5.41, 5.74) is 7.51. The van der Waals surface area contributed by atoms with Crippen LogP contribution in [0, 0.1) is 6.92 Å². The van der Waals surface area contributed by atoms with Crippen LogP contribution in [0.2, 0.25) is 0 Å². The monoisotopic (exact) mass is 201 g/mol. The second kappa shape index (κ2) is 3.57. The summed E-state index contributed by atoms with van der Waals surface area (Å²) in [4.78, 5) is 11.1. The zero-order chi connectivity index (χ0) is 10.8. The van der Waals surface area contributed by atoms with Gasteiger partial charge in [0, 0.05) is 18.0 Å². The Morgan fingerprint density at radius 3 is 2.80 bits per heavy atom. The van der Waals surface area contributed by atoms with Crippen LogP contribution in [0.5, 0.6) is 0 Å². The molecule has 2 N–H and O–H groups in total. The molecule has 1 amide bonds. The number of nitrogens with zero attached hydrogens (tertiary/aromatic N) is 2. The minimum absolute atomic E-state index is 0.415. The molecule has 0 spiro atoms. The molecule has 0 unspecified atom stereocenters. The van der Waals surface area contributed by atoms with E-state index >= 15 is 0 Å². The topological polar surface area (TPSA) is 60.9 Å². The van der Waals surface area contributed by atoms with Gasteiger partial charge in [-0.15, -0.1) is 0 Å². The van der Waals surface area contributed by atoms with Crippen molar-refractivity contribution in [2.24, 2.45) is 5.73 Å². The molecule has 0 saturated carbocycles. The van der Waals surface area contributed by atoms with Crippen molar-refractivity contribution < 1.29 is 4.79 Å². The molecule has 1 aromatic carbocycles. The molecule has 0 radical (unpaired) electrons. The number of benzene rings is 1. The maximum absolute atomic E-state index is 11.1. The lowest BCUT2D eigenvalue weighted by Crippen LogP contribution is -2.14. The van der Waals surface area contributed by atoms with E-state index in [1.54, 1.807) is 23.0 Å². The van der Waals surface area contributed by atoms with Crippen molar-refractivity contribution in [2.45, 2.75) is 6.92 Å². The van der Waals surface area contributed by atoms with Gasteiger partial charge in [0.05, 0.1) is 5.69 Å². The molecule has 0 saturated heterocycles. The Kier molecular flexibility index (Phi) is 2.25. The first-order valence-electron chi connectivity index (χ1n) is 4.59. The molecule has 1 aromatic heterocycles. The van der Waals surface area contributed by atoms with E-state index in [1.807, 2.05) is 25.3 Å². The van der Waals surface area contributed by atoms with E-state index in [0.29, 0.717) is 5.56 Å². The zero-order valence-electron chi connectivity index (χ0n) is 8.34. The van der Waals surface area contributed by atoms with Crippen molar-refractivity contribution in [3.63, 3.8) is 0 Å². The van der Waals surface area contributed by atoms with E-state index in [1.165, 1.54) is 0 Å². The first-order valence-corrected chi connectivity index (χ1v) is 4.59. The predicted molar refractivity (Wildman–Crippen MR) is 56.8 cm³/mol. The van der Waals surface area contributed by atoms with Gasteiger partial charge in [-0.2, -0.15) is 5.10 Å². The number of rotatable bonds is 2. The molecule has 15 heavy (non-hydrogen) atoms. The van der Waals surface area contributed by atoms with Crippen LogP contribution in [0.3, 0.4) is 0 Å². The van der Waals surface area contributed by atoms with Gasteiger partial charge in [0.15, 0.2) is 0 Å². The summed E-state index contributed by atoms with van der Waals surface area (Å²) in [6, 6.07) is 7.24. The van der Waals surface area contributed by atoms with Crippen molar-refractivity contribution in [1.29, 1.82) is 0 Å². The fraction of sp³-hybridized carbons (Fsp3) is 0.0909. The Balaban J connectivity index is 2.59. The Bertz CT molecular complexity index is 489. The molecule has 0 atom stereocenters. The molecule has 1 heterocycles. The summed E-state index contributed by atoms with van der Waals surface area (Å²) < 4.78 is 1.71. The number of nitrogens with two attached hydrogens (primary N) is 1. The van der Waals surface area contributed by atoms with Crippen molar-refractivity contribution in [3.8, 4) is 5.69 Å². The molecular formula is C11H11N3O. The van der Waals surface area contributed by atoms with Gasteiger partial charge in [0.25, 0.3) is 0 Å². The van der Waals surface area contributed by atoms with Crippen LogP contribution in [0.4, 0.5) is 0 Å². The van der Waals surface area contributed by atoms with Crippen LogP contribution >= 0.6 is 0 Å². The fourth-order valence-corrected chi connectivity index (χ4v) is 1.55. The number of hydrogen-bond donors (Lipinski definition) is 1. The van der Waals surface area contributed by atoms with Crippen LogP contribution in [0.25, 0.3) is 5.69 Å². The van der Waals surface area contributed by atoms with Gasteiger partial charge in [0.1, 0.15) is 0 Å². The molecule has 2 aromatic rings. The standard InChI is InChI=1S/C11H11N3O/c1-8-9(11(12)15)4-2-5-10(8)14-7-3-6-13-14/h2-7H,1H3,(H2,12,15). The lowest BCUT2D eigenvalue weighted by molar-refractivity contribution is 0.0999. The van der Waals surface area contributed by atoms with E-state index < -0.39 is 5.91 Å². The van der Waals surface area contributed by atoms with Crippen molar-refractivity contribution in [1.82, 2.24) is 9.78 Å². The van der Waals surface area contributed by atoms with E-state index in [2.05, 4.69) is 5.10 Å². The summed E-state index contributed by atoms with van der Waals surface area (Å²) in [7, 11) is 0. The van der Waals surface area contributed by atoms with Gasteiger partial charge >= 0.3 is 0 Å². The first kappa shape index (κ1) is 9.45. The van der Waals surface area contributed by atoms with Crippen LogP contribution in [0.15, 0.2) is 36.7 Å². The van der Waals surface area contributed by atoms with Gasteiger partial charge in [0.2, 0.25) is 5.91 Å². The lowest BCUT2D eigenvalue weighted by Gasteiger charge is -2.08. The Labute approximate surface area is 87.3 Å². The van der Waals surface area contributed by atoms with E-state index in [0.717, 1.165) is 11.3 Å². The third-order valence-electron chi connectivity index (χ3n) is 2.32. The highest BCUT2D eigenvalue weighted by atomic mass is 16.1. The number of carbonyl (C=O) groups is 1. The van der Waals surface area contributed by atoms with Crippen molar-refractivity contribution in [3.05, 3.63) is 47.8 Å². The normalized spacial score (nSPS) is 10.2. The van der Waals surface area contributed by atoms with Crippen LogP contribution in [-0.2, 0) is 0 Å². The van der Waals surface area contributed by atoms with E-state index in [4.69, 9.17) is 5.73 Å². The molecule has 0 fully saturated rings. The van der Waals surface area contributed by atoms with Gasteiger partial charge in [-0.05, 0) is 30.7 Å². The second-order valence-electron chi connectivity index (χ2n) is 3.26. The Morgan fingerprint density at radius 1 is 1.40 bits per heavy atom. The van der Waals surface area contributed by atoms with Gasteiger partial charge in [-0.1, -0.05) is 6.07 Å². The average Bonchev–Trinajstić information content (AvgIpc) is 2.70. The van der Waals surface area contributed by atoms with Gasteiger partial charge in [-0.3, -0.25) is 4.79 Å². The summed E-state index contributed by atoms with van der Waals surface area (Å²) in [6.07, 6.45) is 3.52. The summed E-state index contributed by atoms with van der Waals surface area (Å²) in [5, 5.41) is 4.11. The second-order valence-corrected chi connectivity index (χ2v) is 3.26. The molecule has 0 bridgehead atoms. The highest BCUT2D eigenvalue weighted by Gasteiger charge is 2.09. The fourth-order valence-electron chi connectivity index (χ4n) is 1.55.